The second kappa shape index (κ2) is 7.90. The molecule has 0 saturated heterocycles. The Balaban J connectivity index is 5.64. The first-order chi connectivity index (χ1) is 11.3. The molecule has 0 saturated carbocycles. The molecule has 0 aromatic rings. The van der Waals surface area contributed by atoms with Crippen LogP contribution in [0.5, 0.6) is 0 Å². The summed E-state index contributed by atoms with van der Waals surface area (Å²) >= 11 is 2.94. The van der Waals surface area contributed by atoms with Gasteiger partial charge < -0.3 is 0 Å². The molecule has 0 spiro atoms. The van der Waals surface area contributed by atoms with Crippen LogP contribution in [0.25, 0.3) is 0 Å². The molecular weight excluding hydrogens is 471 g/mol. The molecule has 0 aromatic heterocycles. The predicted molar refractivity (Wildman–Crippen MR) is 67.7 cm³/mol. The number of unbranched alkanes of at least 4 members (excludes halogenated alkanes) is 3. The highest BCUT2D eigenvalue weighted by Gasteiger charge is 2.90. The fraction of sp³-hybridized carbons (Fsp3) is 1.00. The molecule has 0 amide bonds. The van der Waals surface area contributed by atoms with Gasteiger partial charge in [-0.3, -0.25) is 0 Å². The number of hydrogen-bond donors (Lipinski definition) is 0. The Bertz CT molecular complexity index is 455. The lowest BCUT2D eigenvalue weighted by Gasteiger charge is -2.39. The van der Waals surface area contributed by atoms with E-state index in [4.69, 9.17) is 0 Å². The van der Waals surface area contributed by atoms with Gasteiger partial charge in [0.05, 0.1) is 0 Å². The van der Waals surface area contributed by atoms with Crippen LogP contribution in [-0.4, -0.2) is 41.1 Å². The normalized spacial score (nSPS) is 15.5. The van der Waals surface area contributed by atoms with Crippen molar-refractivity contribution in [1.29, 1.82) is 0 Å². The maximum Gasteiger partial charge on any atom is 0.460 e. The summed E-state index contributed by atoms with van der Waals surface area (Å²) in [6, 6.07) is 0. The van der Waals surface area contributed by atoms with Crippen molar-refractivity contribution in [2.45, 2.75) is 67.9 Å². The summed E-state index contributed by atoms with van der Waals surface area (Å²) in [5, 5.41) is 0.399. The molecule has 0 aliphatic rings. The van der Waals surface area contributed by atoms with Crippen LogP contribution >= 0.6 is 15.9 Å². The third-order valence-electron chi connectivity index (χ3n) is 3.37. The van der Waals surface area contributed by atoms with E-state index >= 15 is 0 Å². The Morgan fingerprint density at radius 3 is 1.23 bits per heavy atom. The van der Waals surface area contributed by atoms with Gasteiger partial charge in [0.1, 0.15) is 0 Å². The van der Waals surface area contributed by atoms with Crippen molar-refractivity contribution in [3.8, 4) is 0 Å². The second-order valence-electron chi connectivity index (χ2n) is 5.35. The fourth-order valence-electron chi connectivity index (χ4n) is 1.75. The zero-order valence-corrected chi connectivity index (χ0v) is 14.1. The van der Waals surface area contributed by atoms with Gasteiger partial charge in [-0.15, -0.1) is 0 Å². The predicted octanol–water partition coefficient (Wildman–Crippen LogP) is 7.07. The van der Waals surface area contributed by atoms with Crippen LogP contribution in [0.4, 0.5) is 57.1 Å². The van der Waals surface area contributed by atoms with Crippen molar-refractivity contribution < 1.29 is 57.1 Å². The second-order valence-corrected chi connectivity index (χ2v) is 6.15. The van der Waals surface area contributed by atoms with Crippen LogP contribution in [0.3, 0.4) is 0 Å². The Hall–Kier alpha value is -0.430. The molecule has 0 rings (SSSR count). The van der Waals surface area contributed by atoms with Gasteiger partial charge in [-0.1, -0.05) is 28.8 Å². The zero-order valence-electron chi connectivity index (χ0n) is 12.5. The molecule has 0 radical (unpaired) electrons. The lowest BCUT2D eigenvalue weighted by atomic mass is 9.91. The van der Waals surface area contributed by atoms with Gasteiger partial charge in [-0.25, -0.2) is 0 Å². The van der Waals surface area contributed by atoms with Crippen LogP contribution in [0.15, 0.2) is 0 Å². The molecule has 0 aromatic carbocycles. The molecule has 0 atom stereocenters. The summed E-state index contributed by atoms with van der Waals surface area (Å²) in [6.07, 6.45) is -10.0. The largest absolute Gasteiger partial charge is 0.460 e. The first-order valence-corrected chi connectivity index (χ1v) is 7.95. The van der Waals surface area contributed by atoms with E-state index in [2.05, 4.69) is 15.9 Å². The van der Waals surface area contributed by atoms with Crippen LogP contribution in [0, 0.1) is 0 Å². The lowest BCUT2D eigenvalue weighted by molar-refractivity contribution is -0.440. The molecule has 0 bridgehead atoms. The van der Waals surface area contributed by atoms with Gasteiger partial charge in [-0.05, 0) is 12.8 Å². The van der Waals surface area contributed by atoms with Crippen molar-refractivity contribution in [2.24, 2.45) is 0 Å². The third-order valence-corrected chi connectivity index (χ3v) is 3.93. The molecule has 0 N–H and O–H groups in total. The van der Waals surface area contributed by atoms with E-state index in [-0.39, 0.29) is 12.8 Å². The quantitative estimate of drug-likeness (QED) is 0.177. The first kappa shape index (κ1) is 25.6. The first-order valence-electron chi connectivity index (χ1n) is 6.83. The van der Waals surface area contributed by atoms with Gasteiger partial charge >= 0.3 is 35.8 Å². The topological polar surface area (TPSA) is 0 Å². The Morgan fingerprint density at radius 1 is 0.462 bits per heavy atom. The molecule has 0 heterocycles. The highest BCUT2D eigenvalue weighted by Crippen LogP contribution is 2.60. The summed E-state index contributed by atoms with van der Waals surface area (Å²) < 4.78 is 166. The summed E-state index contributed by atoms with van der Waals surface area (Å²) in [5.74, 6) is -36.3. The van der Waals surface area contributed by atoms with E-state index in [0.29, 0.717) is 11.8 Å². The van der Waals surface area contributed by atoms with E-state index in [9.17, 15) is 57.1 Å². The molecule has 0 fully saturated rings. The maximum atomic E-state index is 13.3. The van der Waals surface area contributed by atoms with Crippen LogP contribution in [0.1, 0.15) is 32.1 Å². The van der Waals surface area contributed by atoms with Crippen molar-refractivity contribution in [3.63, 3.8) is 0 Å². The molecule has 0 aliphatic carbocycles. The number of halogens is 14. The molecule has 14 heteroatoms. The van der Waals surface area contributed by atoms with Crippen molar-refractivity contribution in [1.82, 2.24) is 0 Å². The molecule has 26 heavy (non-hydrogen) atoms. The molecule has 0 unspecified atom stereocenters. The summed E-state index contributed by atoms with van der Waals surface area (Å²) in [5.41, 5.74) is 0. The summed E-state index contributed by atoms with van der Waals surface area (Å²) in [4.78, 5) is 0. The minimum atomic E-state index is -7.82. The molecule has 158 valence electrons. The van der Waals surface area contributed by atoms with Crippen LogP contribution in [0.2, 0.25) is 0 Å². The minimum absolute atomic E-state index is 0.172. The van der Waals surface area contributed by atoms with Gasteiger partial charge in [0.25, 0.3) is 0 Å². The van der Waals surface area contributed by atoms with Gasteiger partial charge in [0.15, 0.2) is 0 Å². The van der Waals surface area contributed by atoms with Crippen molar-refractivity contribution >= 4 is 15.9 Å². The lowest BCUT2D eigenvalue weighted by Crippen LogP contribution is -2.70. The van der Waals surface area contributed by atoms with E-state index in [1.165, 1.54) is 0 Å². The number of rotatable bonds is 10. The Morgan fingerprint density at radius 2 is 0.846 bits per heavy atom. The minimum Gasteiger partial charge on any atom is -0.200 e. The standard InChI is InChI=1S/C12H12BrF13/c13-6-4-2-1-3-5-7(14,15)8(16,17)9(18,19)10(20,21)11(22,23)12(24,25)26/h1-6H2. The molecule has 0 aliphatic heterocycles. The van der Waals surface area contributed by atoms with Gasteiger partial charge in [0.2, 0.25) is 0 Å². The van der Waals surface area contributed by atoms with E-state index in [0.717, 1.165) is 0 Å². The number of alkyl halides is 14. The SMILES string of the molecule is FC(F)(F)C(F)(F)C(F)(F)C(F)(F)C(F)(F)C(F)(F)CCCCCCBr. The van der Waals surface area contributed by atoms with E-state index < -0.39 is 48.6 Å². The third kappa shape index (κ3) is 4.34. The number of hydrogen-bond acceptors (Lipinski definition) is 0. The van der Waals surface area contributed by atoms with Crippen molar-refractivity contribution in [3.05, 3.63) is 0 Å². The smallest absolute Gasteiger partial charge is 0.200 e. The van der Waals surface area contributed by atoms with Gasteiger partial charge in [-0.2, -0.15) is 57.1 Å². The van der Waals surface area contributed by atoms with Crippen molar-refractivity contribution in [2.75, 3.05) is 5.33 Å². The summed E-state index contributed by atoms with van der Waals surface area (Å²) in [7, 11) is 0. The monoisotopic (exact) mass is 482 g/mol. The molecule has 0 nitrogen and oxygen atoms in total. The molecular formula is C12H12BrF13. The Labute approximate surface area is 147 Å². The van der Waals surface area contributed by atoms with E-state index in [1.807, 2.05) is 0 Å². The van der Waals surface area contributed by atoms with Gasteiger partial charge in [0, 0.05) is 11.8 Å². The summed E-state index contributed by atoms with van der Waals surface area (Å²) in [6.45, 7) is 0. The maximum absolute atomic E-state index is 13.3. The van der Waals surface area contributed by atoms with E-state index in [1.54, 1.807) is 0 Å². The Kier molecular flexibility index (Phi) is 7.77. The fourth-order valence-corrected chi connectivity index (χ4v) is 2.15. The highest BCUT2D eigenvalue weighted by molar-refractivity contribution is 9.09. The average Bonchev–Trinajstić information content (AvgIpc) is 2.44. The highest BCUT2D eigenvalue weighted by atomic mass is 79.9. The average molecular weight is 483 g/mol. The van der Waals surface area contributed by atoms with Crippen LogP contribution < -0.4 is 0 Å². The van der Waals surface area contributed by atoms with Crippen LogP contribution in [-0.2, 0) is 0 Å². The zero-order chi connectivity index (χ0) is 21.2.